The molecule has 1 aliphatic rings. The van der Waals surface area contributed by atoms with Crippen LogP contribution in [0.3, 0.4) is 0 Å². The molecular formula is C11H20N2. The summed E-state index contributed by atoms with van der Waals surface area (Å²) in [6.45, 7) is 3.35. The van der Waals surface area contributed by atoms with E-state index in [1.165, 1.54) is 19.3 Å². The smallest absolute Gasteiger partial charge is 0.0621 e. The zero-order chi connectivity index (χ0) is 9.52. The van der Waals surface area contributed by atoms with E-state index in [-0.39, 0.29) is 0 Å². The van der Waals surface area contributed by atoms with E-state index >= 15 is 0 Å². The monoisotopic (exact) mass is 180 g/mol. The molecule has 1 atom stereocenters. The molecule has 2 nitrogen and oxygen atoms in total. The van der Waals surface area contributed by atoms with Gasteiger partial charge in [0, 0.05) is 12.5 Å². The van der Waals surface area contributed by atoms with Crippen molar-refractivity contribution in [3.63, 3.8) is 0 Å². The van der Waals surface area contributed by atoms with Gasteiger partial charge in [0.15, 0.2) is 0 Å². The van der Waals surface area contributed by atoms with E-state index in [2.05, 4.69) is 18.3 Å². The van der Waals surface area contributed by atoms with E-state index in [9.17, 15) is 0 Å². The summed E-state index contributed by atoms with van der Waals surface area (Å²) in [5, 5.41) is 11.9. The second kappa shape index (κ2) is 5.99. The van der Waals surface area contributed by atoms with Gasteiger partial charge in [-0.15, -0.1) is 0 Å². The van der Waals surface area contributed by atoms with Crippen LogP contribution in [0.2, 0.25) is 0 Å². The van der Waals surface area contributed by atoms with Crippen LogP contribution in [0.25, 0.3) is 0 Å². The van der Waals surface area contributed by atoms with Gasteiger partial charge in [0.1, 0.15) is 0 Å². The number of unbranched alkanes of at least 4 members (excludes halogenated alkanes) is 2. The van der Waals surface area contributed by atoms with Crippen LogP contribution in [0.4, 0.5) is 0 Å². The number of nitriles is 1. The average Bonchev–Trinajstić information content (AvgIpc) is 2.95. The Hall–Kier alpha value is -0.550. The van der Waals surface area contributed by atoms with Crippen molar-refractivity contribution in [1.82, 2.24) is 5.32 Å². The highest BCUT2D eigenvalue weighted by atomic mass is 14.9. The minimum Gasteiger partial charge on any atom is -0.314 e. The van der Waals surface area contributed by atoms with Crippen LogP contribution in [0.15, 0.2) is 0 Å². The van der Waals surface area contributed by atoms with Gasteiger partial charge in [0.2, 0.25) is 0 Å². The molecule has 1 aliphatic carbocycles. The number of hydrogen-bond acceptors (Lipinski definition) is 2. The summed E-state index contributed by atoms with van der Waals surface area (Å²) in [6, 6.07) is 2.93. The predicted molar refractivity (Wildman–Crippen MR) is 54.3 cm³/mol. The second-order valence-corrected chi connectivity index (χ2v) is 3.92. The molecule has 0 spiro atoms. The Labute approximate surface area is 81.3 Å². The van der Waals surface area contributed by atoms with Crippen LogP contribution in [0, 0.1) is 17.2 Å². The van der Waals surface area contributed by atoms with Crippen molar-refractivity contribution in [1.29, 1.82) is 5.26 Å². The fourth-order valence-corrected chi connectivity index (χ4v) is 1.76. The minimum atomic E-state index is 0.710. The Kier molecular flexibility index (Phi) is 4.85. The van der Waals surface area contributed by atoms with Gasteiger partial charge in [-0.2, -0.15) is 5.26 Å². The van der Waals surface area contributed by atoms with Gasteiger partial charge >= 0.3 is 0 Å². The molecule has 1 unspecified atom stereocenters. The summed E-state index contributed by atoms with van der Waals surface area (Å²) < 4.78 is 0. The van der Waals surface area contributed by atoms with Crippen molar-refractivity contribution in [2.24, 2.45) is 5.92 Å². The maximum Gasteiger partial charge on any atom is 0.0621 e. The Bertz CT molecular complexity index is 167. The highest BCUT2D eigenvalue weighted by molar-refractivity contribution is 4.85. The summed E-state index contributed by atoms with van der Waals surface area (Å²) >= 11 is 0. The lowest BCUT2D eigenvalue weighted by Gasteiger charge is -2.15. The molecule has 1 fully saturated rings. The second-order valence-electron chi connectivity index (χ2n) is 3.92. The molecule has 0 aromatic heterocycles. The molecule has 1 N–H and O–H groups in total. The van der Waals surface area contributed by atoms with Crippen molar-refractivity contribution >= 4 is 0 Å². The molecule has 0 amide bonds. The normalized spacial score (nSPS) is 18.2. The lowest BCUT2D eigenvalue weighted by Crippen LogP contribution is -2.31. The van der Waals surface area contributed by atoms with E-state index in [0.717, 1.165) is 31.3 Å². The molecular weight excluding hydrogens is 160 g/mol. The molecule has 0 aromatic carbocycles. The van der Waals surface area contributed by atoms with Crippen LogP contribution in [-0.2, 0) is 0 Å². The van der Waals surface area contributed by atoms with E-state index in [1.807, 2.05) is 0 Å². The summed E-state index contributed by atoms with van der Waals surface area (Å²) in [5.41, 5.74) is 0. The van der Waals surface area contributed by atoms with Gasteiger partial charge in [0.25, 0.3) is 0 Å². The van der Waals surface area contributed by atoms with Gasteiger partial charge in [0.05, 0.1) is 6.07 Å². The van der Waals surface area contributed by atoms with E-state index in [0.29, 0.717) is 6.42 Å². The lowest BCUT2D eigenvalue weighted by atomic mass is 10.1. The largest absolute Gasteiger partial charge is 0.314 e. The molecule has 0 bridgehead atoms. The van der Waals surface area contributed by atoms with Gasteiger partial charge in [-0.05, 0) is 44.6 Å². The molecule has 74 valence electrons. The fourth-order valence-electron chi connectivity index (χ4n) is 1.76. The molecule has 0 saturated heterocycles. The Morgan fingerprint density at radius 2 is 2.23 bits per heavy atom. The summed E-state index contributed by atoms with van der Waals surface area (Å²) in [4.78, 5) is 0. The third kappa shape index (κ3) is 4.28. The Morgan fingerprint density at radius 3 is 2.77 bits per heavy atom. The minimum absolute atomic E-state index is 0.710. The fraction of sp³-hybridized carbons (Fsp3) is 0.909. The Morgan fingerprint density at radius 1 is 1.46 bits per heavy atom. The molecule has 0 aromatic rings. The molecule has 0 aliphatic heterocycles. The maximum absolute atomic E-state index is 8.35. The first kappa shape index (κ1) is 10.5. The highest BCUT2D eigenvalue weighted by Gasteiger charge is 2.28. The lowest BCUT2D eigenvalue weighted by molar-refractivity contribution is 0.443. The molecule has 2 heteroatoms. The number of nitrogens with zero attached hydrogens (tertiary/aromatic N) is 1. The Balaban J connectivity index is 1.94. The molecule has 1 saturated carbocycles. The van der Waals surface area contributed by atoms with Gasteiger partial charge in [-0.25, -0.2) is 0 Å². The average molecular weight is 180 g/mol. The van der Waals surface area contributed by atoms with Crippen molar-refractivity contribution in [2.75, 3.05) is 6.54 Å². The number of hydrogen-bond donors (Lipinski definition) is 1. The quantitative estimate of drug-likeness (QED) is 0.611. The zero-order valence-electron chi connectivity index (χ0n) is 8.55. The predicted octanol–water partition coefficient (Wildman–Crippen LogP) is 2.46. The van der Waals surface area contributed by atoms with Crippen molar-refractivity contribution in [3.8, 4) is 6.07 Å². The molecule has 0 radical (unpaired) electrons. The number of rotatable bonds is 7. The SMILES string of the molecule is CCC(NCCCCC#N)C1CC1. The molecule has 13 heavy (non-hydrogen) atoms. The first-order valence-corrected chi connectivity index (χ1v) is 5.48. The molecule has 1 rings (SSSR count). The van der Waals surface area contributed by atoms with Crippen LogP contribution in [0.1, 0.15) is 45.4 Å². The van der Waals surface area contributed by atoms with E-state index in [1.54, 1.807) is 0 Å². The molecule has 0 heterocycles. The number of nitrogens with one attached hydrogen (secondary N) is 1. The summed E-state index contributed by atoms with van der Waals surface area (Å²) in [7, 11) is 0. The van der Waals surface area contributed by atoms with Crippen LogP contribution in [-0.4, -0.2) is 12.6 Å². The topological polar surface area (TPSA) is 35.8 Å². The first-order chi connectivity index (χ1) is 6.38. The van der Waals surface area contributed by atoms with Crippen molar-refractivity contribution < 1.29 is 0 Å². The van der Waals surface area contributed by atoms with Crippen molar-refractivity contribution in [2.45, 2.75) is 51.5 Å². The van der Waals surface area contributed by atoms with Gasteiger partial charge in [-0.3, -0.25) is 0 Å². The van der Waals surface area contributed by atoms with Crippen LogP contribution >= 0.6 is 0 Å². The van der Waals surface area contributed by atoms with Crippen molar-refractivity contribution in [3.05, 3.63) is 0 Å². The van der Waals surface area contributed by atoms with Crippen LogP contribution in [0.5, 0.6) is 0 Å². The maximum atomic E-state index is 8.35. The van der Waals surface area contributed by atoms with Gasteiger partial charge < -0.3 is 5.32 Å². The van der Waals surface area contributed by atoms with Gasteiger partial charge in [-0.1, -0.05) is 6.92 Å². The standard InChI is InChI=1S/C11H20N2/c1-2-11(10-6-7-10)13-9-5-3-4-8-12/h10-11,13H,2-7,9H2,1H3. The first-order valence-electron chi connectivity index (χ1n) is 5.48. The van der Waals surface area contributed by atoms with E-state index in [4.69, 9.17) is 5.26 Å². The highest BCUT2D eigenvalue weighted by Crippen LogP contribution is 2.33. The summed E-state index contributed by atoms with van der Waals surface area (Å²) in [5.74, 6) is 0.959. The van der Waals surface area contributed by atoms with Crippen LogP contribution < -0.4 is 5.32 Å². The third-order valence-electron chi connectivity index (χ3n) is 2.75. The third-order valence-corrected chi connectivity index (χ3v) is 2.75. The zero-order valence-corrected chi connectivity index (χ0v) is 8.55. The summed E-state index contributed by atoms with van der Waals surface area (Å²) in [6.07, 6.45) is 7.00. The van der Waals surface area contributed by atoms with E-state index < -0.39 is 0 Å².